The van der Waals surface area contributed by atoms with E-state index in [0.717, 1.165) is 57.8 Å². The molecule has 0 bridgehead atoms. The molecule has 0 amide bonds. The van der Waals surface area contributed by atoms with E-state index in [0.29, 0.717) is 12.8 Å². The summed E-state index contributed by atoms with van der Waals surface area (Å²) in [4.78, 5) is 23.0. The van der Waals surface area contributed by atoms with Crippen LogP contribution in [0.4, 0.5) is 0 Å². The molecular weight excluding hydrogens is 472 g/mol. The highest BCUT2D eigenvalue weighted by atomic mass is 16.5. The van der Waals surface area contributed by atoms with E-state index in [1.807, 2.05) is 0 Å². The molecule has 0 aliphatic rings. The third-order valence-electron chi connectivity index (χ3n) is 7.83. The lowest BCUT2D eigenvalue weighted by molar-refractivity contribution is -0.150. The molecule has 0 aromatic rings. The Morgan fingerprint density at radius 1 is 0.474 bits per heavy atom. The number of rotatable bonds is 31. The number of hydrogen-bond donors (Lipinski definition) is 1. The first kappa shape index (κ1) is 36.9. The monoisotopic (exact) mass is 538 g/mol. The maximum absolute atomic E-state index is 12.5. The summed E-state index contributed by atoms with van der Waals surface area (Å²) >= 11 is 0. The van der Waals surface area contributed by atoms with E-state index in [1.54, 1.807) is 0 Å². The van der Waals surface area contributed by atoms with Gasteiger partial charge in [-0.25, -0.2) is 0 Å². The van der Waals surface area contributed by atoms with Crippen molar-refractivity contribution in [2.75, 3.05) is 0 Å². The van der Waals surface area contributed by atoms with Gasteiger partial charge in [-0.1, -0.05) is 149 Å². The van der Waals surface area contributed by atoms with Gasteiger partial charge in [0.05, 0.1) is 0 Å². The van der Waals surface area contributed by atoms with E-state index in [-0.39, 0.29) is 12.1 Å². The predicted molar refractivity (Wildman–Crippen MR) is 163 cm³/mol. The van der Waals surface area contributed by atoms with Gasteiger partial charge in [0.1, 0.15) is 6.10 Å². The second-order valence-corrected chi connectivity index (χ2v) is 11.7. The topological polar surface area (TPSA) is 63.6 Å². The number of esters is 1. The summed E-state index contributed by atoms with van der Waals surface area (Å²) in [7, 11) is 0. The van der Waals surface area contributed by atoms with Crippen molar-refractivity contribution in [2.45, 2.75) is 206 Å². The van der Waals surface area contributed by atoms with Gasteiger partial charge in [0.25, 0.3) is 0 Å². The first-order valence-corrected chi connectivity index (χ1v) is 17.0. The molecule has 0 aliphatic heterocycles. The zero-order valence-electron chi connectivity index (χ0n) is 25.8. The van der Waals surface area contributed by atoms with Crippen LogP contribution in [0.3, 0.4) is 0 Å². The van der Waals surface area contributed by atoms with Crippen LogP contribution in [-0.4, -0.2) is 23.1 Å². The van der Waals surface area contributed by atoms with Gasteiger partial charge in [0.2, 0.25) is 0 Å². The van der Waals surface area contributed by atoms with Gasteiger partial charge in [-0.3, -0.25) is 9.59 Å². The van der Waals surface area contributed by atoms with Gasteiger partial charge in [0.15, 0.2) is 0 Å². The molecule has 226 valence electrons. The number of ether oxygens (including phenoxy) is 1. The van der Waals surface area contributed by atoms with Crippen LogP contribution in [0, 0.1) is 0 Å². The first-order valence-electron chi connectivity index (χ1n) is 17.0. The average Bonchev–Trinajstić information content (AvgIpc) is 2.89. The van der Waals surface area contributed by atoms with Gasteiger partial charge < -0.3 is 9.84 Å². The van der Waals surface area contributed by atoms with Crippen LogP contribution in [0.2, 0.25) is 0 Å². The Hall–Kier alpha value is -1.06. The molecule has 0 spiro atoms. The van der Waals surface area contributed by atoms with Gasteiger partial charge in [-0.2, -0.15) is 0 Å². The Balaban J connectivity index is 3.73. The standard InChI is InChI=1S/C34H66O4/c1-3-5-7-8-9-10-11-12-13-17-20-23-27-31-34(37)38-32(28-24-6-4-2)29-25-21-18-15-14-16-19-22-26-30-33(35)36/h32H,3-31H2,1-2H3,(H,35,36)/t32-/m1/s1. The minimum Gasteiger partial charge on any atom is -0.481 e. The molecule has 0 unspecified atom stereocenters. The summed E-state index contributed by atoms with van der Waals surface area (Å²) in [6.45, 7) is 4.50. The van der Waals surface area contributed by atoms with Crippen LogP contribution in [0.15, 0.2) is 0 Å². The zero-order valence-corrected chi connectivity index (χ0v) is 25.8. The van der Waals surface area contributed by atoms with Crippen molar-refractivity contribution in [1.82, 2.24) is 0 Å². The summed E-state index contributed by atoms with van der Waals surface area (Å²) in [5.74, 6) is -0.652. The van der Waals surface area contributed by atoms with E-state index in [2.05, 4.69) is 13.8 Å². The van der Waals surface area contributed by atoms with Gasteiger partial charge in [-0.15, -0.1) is 0 Å². The molecule has 0 aromatic heterocycles. The molecule has 0 saturated heterocycles. The fourth-order valence-corrected chi connectivity index (χ4v) is 5.30. The lowest BCUT2D eigenvalue weighted by Gasteiger charge is -2.18. The van der Waals surface area contributed by atoms with Crippen LogP contribution in [0.25, 0.3) is 0 Å². The Bertz CT molecular complexity index is 505. The van der Waals surface area contributed by atoms with E-state index in [4.69, 9.17) is 9.84 Å². The second kappa shape index (κ2) is 30.5. The smallest absolute Gasteiger partial charge is 0.306 e. The van der Waals surface area contributed by atoms with Crippen LogP contribution in [0.5, 0.6) is 0 Å². The maximum atomic E-state index is 12.5. The highest BCUT2D eigenvalue weighted by Crippen LogP contribution is 2.18. The zero-order chi connectivity index (χ0) is 27.9. The van der Waals surface area contributed by atoms with E-state index < -0.39 is 5.97 Å². The van der Waals surface area contributed by atoms with E-state index >= 15 is 0 Å². The first-order chi connectivity index (χ1) is 18.6. The molecule has 1 atom stereocenters. The van der Waals surface area contributed by atoms with Crippen LogP contribution < -0.4 is 0 Å². The number of carboxylic acid groups (broad SMARTS) is 1. The van der Waals surface area contributed by atoms with Crippen LogP contribution >= 0.6 is 0 Å². The predicted octanol–water partition coefficient (Wildman–Crippen LogP) is 11.3. The Kier molecular flexibility index (Phi) is 29.6. The number of carboxylic acids is 1. The van der Waals surface area contributed by atoms with Crippen molar-refractivity contribution in [1.29, 1.82) is 0 Å². The van der Waals surface area contributed by atoms with Gasteiger partial charge in [0, 0.05) is 12.8 Å². The fraction of sp³-hybridized carbons (Fsp3) is 0.941. The van der Waals surface area contributed by atoms with Gasteiger partial charge >= 0.3 is 11.9 Å². The minimum absolute atomic E-state index is 0.0254. The summed E-state index contributed by atoms with van der Waals surface area (Å²) in [6.07, 6.45) is 34.2. The Morgan fingerprint density at radius 2 is 0.789 bits per heavy atom. The van der Waals surface area contributed by atoms with Crippen molar-refractivity contribution in [3.63, 3.8) is 0 Å². The quantitative estimate of drug-likeness (QED) is 0.0704. The SMILES string of the molecule is CCCCCCCCCCCCCCCC(=O)O[C@H](CCCCC)CCCCCCCCCCCC(=O)O. The van der Waals surface area contributed by atoms with Crippen molar-refractivity contribution in [3.05, 3.63) is 0 Å². The second-order valence-electron chi connectivity index (χ2n) is 11.7. The van der Waals surface area contributed by atoms with Crippen molar-refractivity contribution in [2.24, 2.45) is 0 Å². The Labute approximate surface area is 237 Å². The molecule has 0 heterocycles. The summed E-state index contributed by atoms with van der Waals surface area (Å²) in [5.41, 5.74) is 0. The summed E-state index contributed by atoms with van der Waals surface area (Å²) in [5, 5.41) is 8.67. The van der Waals surface area contributed by atoms with Crippen LogP contribution in [0.1, 0.15) is 200 Å². The molecule has 0 radical (unpaired) electrons. The van der Waals surface area contributed by atoms with Crippen molar-refractivity contribution < 1.29 is 19.4 Å². The summed E-state index contributed by atoms with van der Waals surface area (Å²) < 4.78 is 5.92. The van der Waals surface area contributed by atoms with E-state index in [9.17, 15) is 9.59 Å². The number of carbonyl (C=O) groups is 2. The fourth-order valence-electron chi connectivity index (χ4n) is 5.30. The molecule has 4 heteroatoms. The molecule has 0 rings (SSSR count). The molecule has 1 N–H and O–H groups in total. The molecule has 38 heavy (non-hydrogen) atoms. The maximum Gasteiger partial charge on any atom is 0.306 e. The number of hydrogen-bond acceptors (Lipinski definition) is 3. The molecule has 4 nitrogen and oxygen atoms in total. The molecule has 0 aliphatic carbocycles. The molecule has 0 saturated carbocycles. The number of aliphatic carboxylic acids is 1. The van der Waals surface area contributed by atoms with E-state index in [1.165, 1.54) is 116 Å². The number of unbranched alkanes of at least 4 members (excludes halogenated alkanes) is 22. The molecule has 0 aromatic carbocycles. The molecule has 0 fully saturated rings. The summed E-state index contributed by atoms with van der Waals surface area (Å²) in [6, 6.07) is 0. The average molecular weight is 539 g/mol. The lowest BCUT2D eigenvalue weighted by Crippen LogP contribution is -2.18. The highest BCUT2D eigenvalue weighted by Gasteiger charge is 2.14. The lowest BCUT2D eigenvalue weighted by atomic mass is 10.0. The normalized spacial score (nSPS) is 12.1. The largest absolute Gasteiger partial charge is 0.481 e. The third-order valence-corrected chi connectivity index (χ3v) is 7.83. The van der Waals surface area contributed by atoms with Gasteiger partial charge in [-0.05, 0) is 38.5 Å². The van der Waals surface area contributed by atoms with Crippen molar-refractivity contribution >= 4 is 11.9 Å². The highest BCUT2D eigenvalue weighted by molar-refractivity contribution is 5.69. The number of carbonyl (C=O) groups excluding carboxylic acids is 1. The van der Waals surface area contributed by atoms with Crippen LogP contribution in [-0.2, 0) is 14.3 Å². The third kappa shape index (κ3) is 29.5. The van der Waals surface area contributed by atoms with Crippen molar-refractivity contribution in [3.8, 4) is 0 Å². The Morgan fingerprint density at radius 3 is 1.21 bits per heavy atom. The minimum atomic E-state index is -0.678. The molecular formula is C34H66O4.